The van der Waals surface area contributed by atoms with Crippen molar-refractivity contribution in [3.8, 4) is 0 Å². The number of benzene rings is 1. The average Bonchev–Trinajstić information content (AvgIpc) is 2.70. The van der Waals surface area contributed by atoms with Crippen LogP contribution in [0.5, 0.6) is 0 Å². The van der Waals surface area contributed by atoms with Gasteiger partial charge in [0.25, 0.3) is 5.91 Å². The monoisotopic (exact) mass is 284 g/mol. The van der Waals surface area contributed by atoms with Crippen LogP contribution in [0.1, 0.15) is 37.7 Å². The first-order valence-corrected chi connectivity index (χ1v) is 7.63. The maximum atomic E-state index is 11.7. The van der Waals surface area contributed by atoms with Gasteiger partial charge >= 0.3 is 0 Å². The van der Waals surface area contributed by atoms with Crippen LogP contribution in [0.2, 0.25) is 0 Å². The largest absolute Gasteiger partial charge is 0.371 e. The topological polar surface area (TPSA) is 49.4 Å². The van der Waals surface area contributed by atoms with Gasteiger partial charge in [0.2, 0.25) is 5.91 Å². The second-order valence-corrected chi connectivity index (χ2v) is 5.68. The molecule has 2 fully saturated rings. The molecule has 2 aliphatic heterocycles. The van der Waals surface area contributed by atoms with E-state index < -0.39 is 0 Å². The van der Waals surface area contributed by atoms with Crippen molar-refractivity contribution in [3.05, 3.63) is 35.4 Å². The molecule has 3 rings (SSSR count). The Morgan fingerprint density at radius 3 is 2.38 bits per heavy atom. The number of rotatable bonds is 2. The van der Waals surface area contributed by atoms with Crippen LogP contribution < -0.4 is 10.2 Å². The molecular weight excluding hydrogens is 264 g/mol. The third-order valence-electron chi connectivity index (χ3n) is 4.11. The fourth-order valence-electron chi connectivity index (χ4n) is 3.02. The van der Waals surface area contributed by atoms with Gasteiger partial charge in [0.05, 0.1) is 6.42 Å². The molecule has 0 aliphatic carbocycles. The summed E-state index contributed by atoms with van der Waals surface area (Å²) in [6.07, 6.45) is 7.05. The zero-order valence-electron chi connectivity index (χ0n) is 12.1. The molecule has 0 radical (unpaired) electrons. The fourth-order valence-corrected chi connectivity index (χ4v) is 3.02. The molecule has 2 amide bonds. The molecule has 0 unspecified atom stereocenters. The summed E-state index contributed by atoms with van der Waals surface area (Å²) in [6.45, 7) is 2.12. The van der Waals surface area contributed by atoms with Crippen LogP contribution >= 0.6 is 0 Å². The third kappa shape index (κ3) is 3.15. The van der Waals surface area contributed by atoms with Gasteiger partial charge in [-0.05, 0) is 30.5 Å². The second kappa shape index (κ2) is 6.12. The molecule has 110 valence electrons. The lowest BCUT2D eigenvalue weighted by Gasteiger charge is -2.24. The zero-order chi connectivity index (χ0) is 14.7. The molecule has 2 heterocycles. The normalized spacial score (nSPS) is 21.5. The molecule has 0 spiro atoms. The van der Waals surface area contributed by atoms with Crippen LogP contribution in [0.4, 0.5) is 5.69 Å². The van der Waals surface area contributed by atoms with E-state index in [0.717, 1.165) is 18.7 Å². The van der Waals surface area contributed by atoms with E-state index >= 15 is 0 Å². The van der Waals surface area contributed by atoms with Gasteiger partial charge < -0.3 is 4.90 Å². The predicted molar refractivity (Wildman–Crippen MR) is 82.9 cm³/mol. The van der Waals surface area contributed by atoms with Gasteiger partial charge in [0.1, 0.15) is 0 Å². The number of hydrogen-bond acceptors (Lipinski definition) is 3. The van der Waals surface area contributed by atoms with Crippen LogP contribution in [-0.2, 0) is 9.59 Å². The van der Waals surface area contributed by atoms with Crippen molar-refractivity contribution in [3.63, 3.8) is 0 Å². The first-order chi connectivity index (χ1) is 10.2. The maximum Gasteiger partial charge on any atom is 0.254 e. The van der Waals surface area contributed by atoms with Crippen LogP contribution in [0, 0.1) is 0 Å². The lowest BCUT2D eigenvalue weighted by Crippen LogP contribution is -2.24. The number of carbonyl (C=O) groups excluding carboxylic acids is 2. The molecule has 2 aliphatic rings. The summed E-state index contributed by atoms with van der Waals surface area (Å²) in [7, 11) is 0. The van der Waals surface area contributed by atoms with Gasteiger partial charge in [-0.2, -0.15) is 0 Å². The van der Waals surface area contributed by atoms with Crippen molar-refractivity contribution in [2.24, 2.45) is 0 Å². The van der Waals surface area contributed by atoms with Gasteiger partial charge in [-0.3, -0.25) is 14.9 Å². The van der Waals surface area contributed by atoms with E-state index in [4.69, 9.17) is 0 Å². The fraction of sp³-hybridized carbons (Fsp3) is 0.412. The molecule has 1 aromatic carbocycles. The van der Waals surface area contributed by atoms with Crippen molar-refractivity contribution in [2.75, 3.05) is 18.0 Å². The van der Waals surface area contributed by atoms with Crippen molar-refractivity contribution < 1.29 is 9.59 Å². The van der Waals surface area contributed by atoms with Crippen LogP contribution in [0.3, 0.4) is 0 Å². The maximum absolute atomic E-state index is 11.7. The van der Waals surface area contributed by atoms with Gasteiger partial charge in [-0.1, -0.05) is 31.0 Å². The van der Waals surface area contributed by atoms with Crippen LogP contribution in [0.25, 0.3) is 6.08 Å². The molecule has 1 N–H and O–H groups in total. The zero-order valence-corrected chi connectivity index (χ0v) is 12.1. The Morgan fingerprint density at radius 2 is 1.71 bits per heavy atom. The molecule has 0 aromatic heterocycles. The van der Waals surface area contributed by atoms with Crippen molar-refractivity contribution >= 4 is 23.6 Å². The van der Waals surface area contributed by atoms with E-state index in [-0.39, 0.29) is 18.2 Å². The van der Waals surface area contributed by atoms with Crippen molar-refractivity contribution in [1.29, 1.82) is 0 Å². The molecule has 0 saturated carbocycles. The first kappa shape index (κ1) is 13.9. The van der Waals surface area contributed by atoms with Crippen molar-refractivity contribution in [2.45, 2.75) is 32.1 Å². The van der Waals surface area contributed by atoms with Crippen molar-refractivity contribution in [1.82, 2.24) is 5.32 Å². The number of imide groups is 1. The summed E-state index contributed by atoms with van der Waals surface area (Å²) in [6, 6.07) is 8.13. The summed E-state index contributed by atoms with van der Waals surface area (Å²) in [5.74, 6) is -0.468. The minimum absolute atomic E-state index is 0.188. The number of para-hydroxylation sites is 1. The Morgan fingerprint density at radius 1 is 1.00 bits per heavy atom. The summed E-state index contributed by atoms with van der Waals surface area (Å²) in [5.41, 5.74) is 2.75. The first-order valence-electron chi connectivity index (χ1n) is 7.63. The predicted octanol–water partition coefficient (Wildman–Crippen LogP) is 2.50. The molecule has 21 heavy (non-hydrogen) atoms. The Bertz CT molecular complexity index is 584. The van der Waals surface area contributed by atoms with Gasteiger partial charge in [-0.25, -0.2) is 0 Å². The SMILES string of the molecule is O=C1C/C(=C\c2ccccc2N2CCCCCC2)C(=O)N1. The second-order valence-electron chi connectivity index (χ2n) is 5.68. The highest BCUT2D eigenvalue weighted by Crippen LogP contribution is 2.27. The number of nitrogens with one attached hydrogen (secondary N) is 1. The number of amides is 2. The molecular formula is C17H20N2O2. The van der Waals surface area contributed by atoms with Crippen LogP contribution in [-0.4, -0.2) is 24.9 Å². The third-order valence-corrected chi connectivity index (χ3v) is 4.11. The standard InChI is InChI=1S/C17H20N2O2/c20-16-12-14(17(21)18-16)11-13-7-3-4-8-15(13)19-9-5-1-2-6-10-19/h3-4,7-8,11H,1-2,5-6,9-10,12H2,(H,18,20,21)/b14-11+. The highest BCUT2D eigenvalue weighted by molar-refractivity contribution is 6.15. The lowest BCUT2D eigenvalue weighted by molar-refractivity contribution is -0.124. The van der Waals surface area contributed by atoms with E-state index in [2.05, 4.69) is 16.3 Å². The molecule has 0 bridgehead atoms. The lowest BCUT2D eigenvalue weighted by atomic mass is 10.1. The smallest absolute Gasteiger partial charge is 0.254 e. The van der Waals surface area contributed by atoms with Crippen LogP contribution in [0.15, 0.2) is 29.8 Å². The van der Waals surface area contributed by atoms with E-state index in [1.165, 1.54) is 31.4 Å². The molecule has 0 atom stereocenters. The molecule has 4 heteroatoms. The average molecular weight is 284 g/mol. The highest BCUT2D eigenvalue weighted by Gasteiger charge is 2.24. The number of hydrogen-bond donors (Lipinski definition) is 1. The van der Waals surface area contributed by atoms with Gasteiger partial charge in [-0.15, -0.1) is 0 Å². The number of carbonyl (C=O) groups is 2. The quantitative estimate of drug-likeness (QED) is 0.670. The highest BCUT2D eigenvalue weighted by atomic mass is 16.2. The summed E-state index contributed by atoms with van der Waals surface area (Å²) < 4.78 is 0. The molecule has 4 nitrogen and oxygen atoms in total. The molecule has 1 aromatic rings. The summed E-state index contributed by atoms with van der Waals surface area (Å²) in [4.78, 5) is 25.4. The Hall–Kier alpha value is -2.10. The Balaban J connectivity index is 1.90. The van der Waals surface area contributed by atoms with E-state index in [1.807, 2.05) is 24.3 Å². The van der Waals surface area contributed by atoms with E-state index in [0.29, 0.717) is 5.57 Å². The molecule has 2 saturated heterocycles. The minimum Gasteiger partial charge on any atom is -0.371 e. The summed E-state index contributed by atoms with van der Waals surface area (Å²) >= 11 is 0. The Labute approximate surface area is 124 Å². The Kier molecular flexibility index (Phi) is 4.04. The number of anilines is 1. The van der Waals surface area contributed by atoms with E-state index in [1.54, 1.807) is 0 Å². The summed E-state index contributed by atoms with van der Waals surface area (Å²) in [5, 5.41) is 2.34. The number of nitrogens with zero attached hydrogens (tertiary/aromatic N) is 1. The van der Waals surface area contributed by atoms with Gasteiger partial charge in [0.15, 0.2) is 0 Å². The minimum atomic E-state index is -0.259. The van der Waals surface area contributed by atoms with E-state index in [9.17, 15) is 9.59 Å². The van der Waals surface area contributed by atoms with Gasteiger partial charge in [0, 0.05) is 24.4 Å².